The summed E-state index contributed by atoms with van der Waals surface area (Å²) in [5.41, 5.74) is 4.07. The number of carbonyl (C=O) groups excluding carboxylic acids is 1. The zero-order valence-electron chi connectivity index (χ0n) is 17.9. The fraction of sp³-hybridized carbons (Fsp3) is 0.250. The molecular weight excluding hydrogens is 426 g/mol. The number of morpholine rings is 1. The summed E-state index contributed by atoms with van der Waals surface area (Å²) in [6.45, 7) is 5.08. The number of anilines is 2. The van der Waals surface area contributed by atoms with Crippen molar-refractivity contribution in [2.75, 3.05) is 43.6 Å². The third kappa shape index (κ3) is 3.94. The molecule has 0 atom stereocenters. The molecule has 32 heavy (non-hydrogen) atoms. The van der Waals surface area contributed by atoms with Crippen LogP contribution in [0.5, 0.6) is 5.75 Å². The lowest BCUT2D eigenvalue weighted by atomic mass is 10.1. The van der Waals surface area contributed by atoms with Crippen molar-refractivity contribution in [3.63, 3.8) is 0 Å². The van der Waals surface area contributed by atoms with Crippen LogP contribution in [0.1, 0.15) is 16.1 Å². The number of benzene rings is 2. The van der Waals surface area contributed by atoms with E-state index < -0.39 is 0 Å². The van der Waals surface area contributed by atoms with Crippen molar-refractivity contribution >= 4 is 39.0 Å². The van der Waals surface area contributed by atoms with Crippen LogP contribution in [0.4, 0.5) is 10.8 Å². The van der Waals surface area contributed by atoms with Gasteiger partial charge in [-0.2, -0.15) is 0 Å². The Labute approximate surface area is 189 Å². The highest BCUT2D eigenvalue weighted by molar-refractivity contribution is 7.14. The largest absolute Gasteiger partial charge is 0.497 e. The van der Waals surface area contributed by atoms with Gasteiger partial charge in [-0.25, -0.2) is 4.98 Å². The number of thiazole rings is 1. The van der Waals surface area contributed by atoms with E-state index in [9.17, 15) is 4.79 Å². The predicted octanol–water partition coefficient (Wildman–Crippen LogP) is 4.96. The summed E-state index contributed by atoms with van der Waals surface area (Å²) in [5.74, 6) is 0.739. The van der Waals surface area contributed by atoms with Gasteiger partial charge in [0, 0.05) is 40.7 Å². The molecule has 0 radical (unpaired) electrons. The van der Waals surface area contributed by atoms with E-state index >= 15 is 0 Å². The highest BCUT2D eigenvalue weighted by Gasteiger charge is 2.19. The van der Waals surface area contributed by atoms with E-state index in [2.05, 4.69) is 15.6 Å². The number of aryl methyl sites for hydroxylation is 1. The Hall–Kier alpha value is -3.36. The van der Waals surface area contributed by atoms with Gasteiger partial charge in [-0.05, 0) is 37.3 Å². The van der Waals surface area contributed by atoms with Crippen molar-refractivity contribution in [3.8, 4) is 17.0 Å². The molecule has 1 fully saturated rings. The number of nitrogens with one attached hydrogen (secondary N) is 1. The minimum absolute atomic E-state index is 0.284. The third-order valence-corrected chi connectivity index (χ3v) is 6.46. The Morgan fingerprint density at radius 2 is 1.94 bits per heavy atom. The van der Waals surface area contributed by atoms with E-state index in [-0.39, 0.29) is 5.91 Å². The fourth-order valence-electron chi connectivity index (χ4n) is 3.75. The highest BCUT2D eigenvalue weighted by atomic mass is 32.1. The Balaban J connectivity index is 1.31. The first-order valence-corrected chi connectivity index (χ1v) is 11.3. The van der Waals surface area contributed by atoms with Crippen LogP contribution in [-0.4, -0.2) is 44.3 Å². The molecule has 0 aliphatic carbocycles. The number of methoxy groups -OCH3 is 1. The molecule has 3 heterocycles. The van der Waals surface area contributed by atoms with Crippen LogP contribution < -0.4 is 15.0 Å². The number of hydrogen-bond donors (Lipinski definition) is 1. The standard InChI is InChI=1S/C24H23N3O4S/c1-15-19-13-18(29-2)7-8-21(19)31-22(15)23(28)25-17-5-3-16(4-6-17)20-14-32-24(26-20)27-9-11-30-12-10-27/h3-8,13-14H,9-12H2,1-2H3,(H,25,28). The molecule has 0 spiro atoms. The number of ether oxygens (including phenoxy) is 2. The lowest BCUT2D eigenvalue weighted by Crippen LogP contribution is -2.36. The molecule has 0 saturated carbocycles. The SMILES string of the molecule is COc1ccc2oc(C(=O)Nc3ccc(-c4csc(N5CCOCC5)n4)cc3)c(C)c2c1. The van der Waals surface area contributed by atoms with Crippen LogP contribution in [0, 0.1) is 6.92 Å². The third-order valence-electron chi connectivity index (χ3n) is 5.56. The predicted molar refractivity (Wildman–Crippen MR) is 126 cm³/mol. The topological polar surface area (TPSA) is 76.8 Å². The Morgan fingerprint density at radius 1 is 1.16 bits per heavy atom. The molecule has 5 rings (SSSR count). The van der Waals surface area contributed by atoms with Crippen molar-refractivity contribution in [1.29, 1.82) is 0 Å². The maximum absolute atomic E-state index is 12.8. The smallest absolute Gasteiger partial charge is 0.291 e. The molecule has 2 aromatic carbocycles. The normalized spacial score (nSPS) is 14.0. The summed E-state index contributed by atoms with van der Waals surface area (Å²) in [4.78, 5) is 19.8. The first-order valence-electron chi connectivity index (χ1n) is 10.4. The van der Waals surface area contributed by atoms with Crippen LogP contribution in [0.3, 0.4) is 0 Å². The zero-order chi connectivity index (χ0) is 22.1. The lowest BCUT2D eigenvalue weighted by Gasteiger charge is -2.26. The molecule has 0 bridgehead atoms. The lowest BCUT2D eigenvalue weighted by molar-refractivity contribution is 0.0998. The Kier molecular flexibility index (Phi) is 5.55. The quantitative estimate of drug-likeness (QED) is 0.464. The maximum Gasteiger partial charge on any atom is 0.291 e. The maximum atomic E-state index is 12.8. The molecule has 2 aromatic heterocycles. The van der Waals surface area contributed by atoms with Crippen molar-refractivity contribution in [2.45, 2.75) is 6.92 Å². The number of carbonyl (C=O) groups is 1. The van der Waals surface area contributed by atoms with Crippen molar-refractivity contribution < 1.29 is 18.7 Å². The number of nitrogens with zero attached hydrogens (tertiary/aromatic N) is 2. The average Bonchev–Trinajstić information content (AvgIpc) is 3.45. The van der Waals surface area contributed by atoms with Crippen molar-refractivity contribution in [2.24, 2.45) is 0 Å². The highest BCUT2D eigenvalue weighted by Crippen LogP contribution is 2.31. The van der Waals surface area contributed by atoms with E-state index in [0.717, 1.165) is 59.4 Å². The van der Waals surface area contributed by atoms with Gasteiger partial charge in [-0.1, -0.05) is 12.1 Å². The van der Waals surface area contributed by atoms with Crippen LogP contribution in [0.2, 0.25) is 0 Å². The average molecular weight is 450 g/mol. The molecule has 1 saturated heterocycles. The fourth-order valence-corrected chi connectivity index (χ4v) is 4.64. The molecule has 1 aliphatic heterocycles. The first kappa shape index (κ1) is 20.5. The van der Waals surface area contributed by atoms with E-state index in [0.29, 0.717) is 17.0 Å². The monoisotopic (exact) mass is 449 g/mol. The minimum Gasteiger partial charge on any atom is -0.497 e. The van der Waals surface area contributed by atoms with Crippen LogP contribution in [-0.2, 0) is 4.74 Å². The van der Waals surface area contributed by atoms with E-state index in [1.807, 2.05) is 49.4 Å². The number of aromatic nitrogens is 1. The van der Waals surface area contributed by atoms with Crippen LogP contribution in [0.25, 0.3) is 22.2 Å². The molecule has 1 aliphatic rings. The summed E-state index contributed by atoms with van der Waals surface area (Å²) >= 11 is 1.64. The van der Waals surface area contributed by atoms with E-state index in [4.69, 9.17) is 18.9 Å². The number of amides is 1. The second-order valence-electron chi connectivity index (χ2n) is 7.56. The van der Waals surface area contributed by atoms with Crippen molar-refractivity contribution in [1.82, 2.24) is 4.98 Å². The van der Waals surface area contributed by atoms with Gasteiger partial charge in [-0.3, -0.25) is 4.79 Å². The number of rotatable bonds is 5. The molecule has 164 valence electrons. The van der Waals surface area contributed by atoms with Gasteiger partial charge in [0.25, 0.3) is 5.91 Å². The van der Waals surface area contributed by atoms with Crippen LogP contribution >= 0.6 is 11.3 Å². The van der Waals surface area contributed by atoms with Gasteiger partial charge in [0.1, 0.15) is 11.3 Å². The molecular formula is C24H23N3O4S. The summed E-state index contributed by atoms with van der Waals surface area (Å²) in [5, 5.41) is 6.86. The molecule has 1 N–H and O–H groups in total. The van der Waals surface area contributed by atoms with Gasteiger partial charge in [0.05, 0.1) is 26.0 Å². The number of furan rings is 1. The van der Waals surface area contributed by atoms with Crippen molar-refractivity contribution in [3.05, 3.63) is 59.2 Å². The van der Waals surface area contributed by atoms with Gasteiger partial charge in [0.2, 0.25) is 0 Å². The minimum atomic E-state index is -0.284. The molecule has 7 nitrogen and oxygen atoms in total. The second-order valence-corrected chi connectivity index (χ2v) is 8.40. The molecule has 1 amide bonds. The van der Waals surface area contributed by atoms with Gasteiger partial charge < -0.3 is 24.1 Å². The van der Waals surface area contributed by atoms with E-state index in [1.165, 1.54) is 0 Å². The number of hydrogen-bond acceptors (Lipinski definition) is 7. The van der Waals surface area contributed by atoms with E-state index in [1.54, 1.807) is 18.4 Å². The summed E-state index contributed by atoms with van der Waals surface area (Å²) in [6.07, 6.45) is 0. The summed E-state index contributed by atoms with van der Waals surface area (Å²) in [6, 6.07) is 13.2. The zero-order valence-corrected chi connectivity index (χ0v) is 18.7. The van der Waals surface area contributed by atoms with Gasteiger partial charge in [0.15, 0.2) is 10.9 Å². The summed E-state index contributed by atoms with van der Waals surface area (Å²) in [7, 11) is 1.61. The Morgan fingerprint density at radius 3 is 2.69 bits per heavy atom. The van der Waals surface area contributed by atoms with Crippen LogP contribution in [0.15, 0.2) is 52.3 Å². The first-order chi connectivity index (χ1) is 15.6. The molecule has 8 heteroatoms. The van der Waals surface area contributed by atoms with Gasteiger partial charge in [-0.15, -0.1) is 11.3 Å². The van der Waals surface area contributed by atoms with Gasteiger partial charge >= 0.3 is 0 Å². The Bertz CT molecular complexity index is 1260. The molecule has 4 aromatic rings. The molecule has 0 unspecified atom stereocenters. The second kappa shape index (κ2) is 8.64. The number of fused-ring (bicyclic) bond motifs is 1. The summed E-state index contributed by atoms with van der Waals surface area (Å²) < 4.78 is 16.5.